The van der Waals surface area contributed by atoms with E-state index in [-0.39, 0.29) is 12.5 Å². The van der Waals surface area contributed by atoms with Crippen molar-refractivity contribution in [1.82, 2.24) is 10.4 Å². The topological polar surface area (TPSA) is 66.5 Å². The Morgan fingerprint density at radius 2 is 2.21 bits per heavy atom. The first-order valence-electron chi connectivity index (χ1n) is 5.58. The highest BCUT2D eigenvalue weighted by Crippen LogP contribution is 2.22. The molecule has 1 aromatic heterocycles. The smallest absolute Gasteiger partial charge is 0.277 e. The van der Waals surface area contributed by atoms with Gasteiger partial charge in [0.2, 0.25) is 0 Å². The molecule has 0 aliphatic carbocycles. The summed E-state index contributed by atoms with van der Waals surface area (Å²) in [4.78, 5) is 14.4. The van der Waals surface area contributed by atoms with Crippen LogP contribution < -0.4 is 10.2 Å². The largest absolute Gasteiger partial charge is 0.482 e. The van der Waals surface area contributed by atoms with Crippen molar-refractivity contribution in [3.63, 3.8) is 0 Å². The van der Waals surface area contributed by atoms with Crippen molar-refractivity contribution in [3.8, 4) is 5.75 Å². The molecular formula is C13H12ClN3O2. The number of hydrogen-bond donors (Lipinski definition) is 2. The lowest BCUT2D eigenvalue weighted by Crippen LogP contribution is -2.24. The zero-order chi connectivity index (χ0) is 13.5. The molecule has 6 heteroatoms. The van der Waals surface area contributed by atoms with Gasteiger partial charge >= 0.3 is 0 Å². The number of halogens is 1. The van der Waals surface area contributed by atoms with Gasteiger partial charge in [-0.25, -0.2) is 5.43 Å². The summed E-state index contributed by atoms with van der Waals surface area (Å²) in [5, 5.41) is 4.24. The number of carbonyl (C=O) groups excluding carboxylic acids is 1. The van der Waals surface area contributed by atoms with E-state index in [1.54, 1.807) is 30.5 Å². The lowest BCUT2D eigenvalue weighted by atomic mass is 10.3. The van der Waals surface area contributed by atoms with Crippen molar-refractivity contribution in [2.75, 3.05) is 6.61 Å². The number of para-hydroxylation sites is 1. The Morgan fingerprint density at radius 3 is 2.95 bits per heavy atom. The summed E-state index contributed by atoms with van der Waals surface area (Å²) in [5.74, 6) is 0.107. The molecule has 5 nitrogen and oxygen atoms in total. The molecular weight excluding hydrogens is 266 g/mol. The Balaban J connectivity index is 1.78. The third-order valence-corrected chi connectivity index (χ3v) is 2.52. The van der Waals surface area contributed by atoms with Gasteiger partial charge in [-0.2, -0.15) is 5.10 Å². The molecule has 2 aromatic rings. The Kier molecular flexibility index (Phi) is 4.58. The molecule has 1 aromatic carbocycles. The van der Waals surface area contributed by atoms with E-state index in [0.29, 0.717) is 10.8 Å². The molecule has 0 spiro atoms. The molecule has 0 radical (unpaired) electrons. The average Bonchev–Trinajstić information content (AvgIpc) is 2.91. The Labute approximate surface area is 115 Å². The van der Waals surface area contributed by atoms with Crippen molar-refractivity contribution >= 4 is 23.7 Å². The van der Waals surface area contributed by atoms with E-state index in [0.717, 1.165) is 5.69 Å². The molecule has 0 aliphatic rings. The summed E-state index contributed by atoms with van der Waals surface area (Å²) < 4.78 is 5.26. The quantitative estimate of drug-likeness (QED) is 0.650. The molecule has 1 heterocycles. The van der Waals surface area contributed by atoms with Crippen LogP contribution in [-0.4, -0.2) is 23.7 Å². The Hall–Kier alpha value is -2.27. The number of rotatable bonds is 5. The standard InChI is InChI=1S/C13H12ClN3O2/c14-11-5-1-2-6-12(11)19-9-13(18)17-16-8-10-4-3-7-15-10/h1-8,15H,9H2,(H,17,18)/b16-8-. The molecule has 0 saturated heterocycles. The van der Waals surface area contributed by atoms with E-state index >= 15 is 0 Å². The molecule has 2 rings (SSSR count). The van der Waals surface area contributed by atoms with E-state index in [9.17, 15) is 4.79 Å². The molecule has 0 aliphatic heterocycles. The zero-order valence-corrected chi connectivity index (χ0v) is 10.7. The summed E-state index contributed by atoms with van der Waals surface area (Å²) in [6, 6.07) is 10.6. The molecule has 1 amide bonds. The van der Waals surface area contributed by atoms with Crippen LogP contribution in [0, 0.1) is 0 Å². The molecule has 98 valence electrons. The number of H-pyrrole nitrogens is 1. The molecule has 0 saturated carbocycles. The number of hydrazone groups is 1. The second-order valence-electron chi connectivity index (χ2n) is 3.64. The van der Waals surface area contributed by atoms with Crippen LogP contribution in [0.5, 0.6) is 5.75 Å². The predicted molar refractivity (Wildman–Crippen MR) is 73.5 cm³/mol. The molecule has 0 fully saturated rings. The third kappa shape index (κ3) is 4.15. The summed E-state index contributed by atoms with van der Waals surface area (Å²) in [6.07, 6.45) is 3.27. The van der Waals surface area contributed by atoms with E-state index in [1.807, 2.05) is 12.1 Å². The van der Waals surface area contributed by atoms with Crippen LogP contribution in [0.4, 0.5) is 0 Å². The number of aromatic amines is 1. The Bertz CT molecular complexity index is 567. The van der Waals surface area contributed by atoms with Crippen LogP contribution in [0.15, 0.2) is 47.7 Å². The zero-order valence-electron chi connectivity index (χ0n) is 9.97. The summed E-state index contributed by atoms with van der Waals surface area (Å²) in [6.45, 7) is -0.147. The molecule has 19 heavy (non-hydrogen) atoms. The van der Waals surface area contributed by atoms with Crippen LogP contribution in [0.2, 0.25) is 5.02 Å². The van der Waals surface area contributed by atoms with Crippen LogP contribution in [-0.2, 0) is 4.79 Å². The van der Waals surface area contributed by atoms with Gasteiger partial charge < -0.3 is 9.72 Å². The van der Waals surface area contributed by atoms with Gasteiger partial charge in [-0.1, -0.05) is 23.7 Å². The average molecular weight is 278 g/mol. The number of hydrogen-bond acceptors (Lipinski definition) is 3. The molecule has 0 atom stereocenters. The monoisotopic (exact) mass is 277 g/mol. The SMILES string of the molecule is O=C(COc1ccccc1Cl)N/N=C\c1ccc[nH]1. The lowest BCUT2D eigenvalue weighted by molar-refractivity contribution is -0.123. The van der Waals surface area contributed by atoms with E-state index in [2.05, 4.69) is 15.5 Å². The fourth-order valence-electron chi connectivity index (χ4n) is 1.34. The molecule has 0 bridgehead atoms. The highest BCUT2D eigenvalue weighted by atomic mass is 35.5. The fourth-order valence-corrected chi connectivity index (χ4v) is 1.53. The van der Waals surface area contributed by atoms with E-state index in [4.69, 9.17) is 16.3 Å². The first-order chi connectivity index (χ1) is 9.25. The van der Waals surface area contributed by atoms with Gasteiger partial charge in [-0.3, -0.25) is 4.79 Å². The number of benzene rings is 1. The normalized spacial score (nSPS) is 10.6. The summed E-state index contributed by atoms with van der Waals surface area (Å²) >= 11 is 5.89. The second-order valence-corrected chi connectivity index (χ2v) is 4.04. The fraction of sp³-hybridized carbons (Fsp3) is 0.0769. The number of nitrogens with zero attached hydrogens (tertiary/aromatic N) is 1. The number of nitrogens with one attached hydrogen (secondary N) is 2. The maximum atomic E-state index is 11.5. The van der Waals surface area contributed by atoms with E-state index < -0.39 is 0 Å². The highest BCUT2D eigenvalue weighted by molar-refractivity contribution is 6.32. The number of aromatic nitrogens is 1. The van der Waals surface area contributed by atoms with Crippen molar-refractivity contribution in [2.24, 2.45) is 5.10 Å². The van der Waals surface area contributed by atoms with Gasteiger partial charge in [-0.05, 0) is 24.3 Å². The highest BCUT2D eigenvalue weighted by Gasteiger charge is 2.03. The van der Waals surface area contributed by atoms with Crippen molar-refractivity contribution < 1.29 is 9.53 Å². The van der Waals surface area contributed by atoms with Gasteiger partial charge in [0, 0.05) is 6.20 Å². The molecule has 0 unspecified atom stereocenters. The minimum Gasteiger partial charge on any atom is -0.482 e. The van der Waals surface area contributed by atoms with Gasteiger partial charge in [0.1, 0.15) is 5.75 Å². The third-order valence-electron chi connectivity index (χ3n) is 2.21. The number of carbonyl (C=O) groups is 1. The van der Waals surface area contributed by atoms with Gasteiger partial charge in [-0.15, -0.1) is 0 Å². The van der Waals surface area contributed by atoms with Crippen molar-refractivity contribution in [3.05, 3.63) is 53.3 Å². The maximum absolute atomic E-state index is 11.5. The van der Waals surface area contributed by atoms with Gasteiger partial charge in [0.25, 0.3) is 5.91 Å². The summed E-state index contributed by atoms with van der Waals surface area (Å²) in [5.41, 5.74) is 3.15. The minimum atomic E-state index is -0.359. The van der Waals surface area contributed by atoms with Crippen LogP contribution in [0.25, 0.3) is 0 Å². The summed E-state index contributed by atoms with van der Waals surface area (Å²) in [7, 11) is 0. The number of amides is 1. The van der Waals surface area contributed by atoms with Crippen LogP contribution in [0.1, 0.15) is 5.69 Å². The van der Waals surface area contributed by atoms with Crippen molar-refractivity contribution in [1.29, 1.82) is 0 Å². The Morgan fingerprint density at radius 1 is 1.37 bits per heavy atom. The lowest BCUT2D eigenvalue weighted by Gasteiger charge is -2.06. The van der Waals surface area contributed by atoms with Crippen molar-refractivity contribution in [2.45, 2.75) is 0 Å². The molecule has 2 N–H and O–H groups in total. The number of ether oxygens (including phenoxy) is 1. The van der Waals surface area contributed by atoms with Crippen LogP contribution in [0.3, 0.4) is 0 Å². The minimum absolute atomic E-state index is 0.147. The first-order valence-corrected chi connectivity index (χ1v) is 5.96. The van der Waals surface area contributed by atoms with Gasteiger partial charge in [0.05, 0.1) is 16.9 Å². The first kappa shape index (κ1) is 13.2. The van der Waals surface area contributed by atoms with Gasteiger partial charge in [0.15, 0.2) is 6.61 Å². The van der Waals surface area contributed by atoms with E-state index in [1.165, 1.54) is 6.21 Å². The second kappa shape index (κ2) is 6.61. The maximum Gasteiger partial charge on any atom is 0.277 e. The predicted octanol–water partition coefficient (Wildman–Crippen LogP) is 2.20. The van der Waals surface area contributed by atoms with Crippen LogP contribution >= 0.6 is 11.6 Å².